The highest BCUT2D eigenvalue weighted by atomic mass is 16.2. The quantitative estimate of drug-likeness (QED) is 0.888. The number of carbonyl (C=O) groups excluding carboxylic acids is 2. The summed E-state index contributed by atoms with van der Waals surface area (Å²) >= 11 is 0. The number of primary amides is 1. The van der Waals surface area contributed by atoms with Gasteiger partial charge in [-0.05, 0) is 18.1 Å². The van der Waals surface area contributed by atoms with Crippen molar-refractivity contribution in [3.8, 4) is 0 Å². The molecule has 2 N–H and O–H groups in total. The molecule has 1 aliphatic heterocycles. The van der Waals surface area contributed by atoms with E-state index >= 15 is 0 Å². The number of anilines is 1. The van der Waals surface area contributed by atoms with Crippen LogP contribution in [0.5, 0.6) is 0 Å². The first-order chi connectivity index (χ1) is 10.4. The third kappa shape index (κ3) is 3.44. The SMILES string of the molecule is CC(C)CN(C)C(=O)C1=NN(c2ccccc2)C(C(N)=O)C1. The van der Waals surface area contributed by atoms with Crippen molar-refractivity contribution >= 4 is 23.2 Å². The Kier molecular flexibility index (Phi) is 4.80. The normalized spacial score (nSPS) is 17.5. The molecule has 118 valence electrons. The molecule has 0 spiro atoms. The van der Waals surface area contributed by atoms with E-state index < -0.39 is 11.9 Å². The molecule has 0 saturated heterocycles. The van der Waals surface area contributed by atoms with Crippen LogP contribution >= 0.6 is 0 Å². The van der Waals surface area contributed by atoms with Crippen LogP contribution in [0.25, 0.3) is 0 Å². The van der Waals surface area contributed by atoms with Gasteiger partial charge in [0.15, 0.2) is 0 Å². The molecule has 0 radical (unpaired) electrons. The van der Waals surface area contributed by atoms with Gasteiger partial charge in [0, 0.05) is 20.0 Å². The number of carbonyl (C=O) groups is 2. The Hall–Kier alpha value is -2.37. The van der Waals surface area contributed by atoms with Crippen LogP contribution in [0.4, 0.5) is 5.69 Å². The molecule has 1 unspecified atom stereocenters. The van der Waals surface area contributed by atoms with Crippen molar-refractivity contribution in [1.82, 2.24) is 4.90 Å². The van der Waals surface area contributed by atoms with E-state index in [-0.39, 0.29) is 12.3 Å². The fourth-order valence-electron chi connectivity index (χ4n) is 2.53. The van der Waals surface area contributed by atoms with Crippen molar-refractivity contribution in [2.45, 2.75) is 26.3 Å². The Labute approximate surface area is 130 Å². The highest BCUT2D eigenvalue weighted by molar-refractivity contribution is 6.40. The summed E-state index contributed by atoms with van der Waals surface area (Å²) in [6.07, 6.45) is 0.242. The second kappa shape index (κ2) is 6.60. The number of benzene rings is 1. The van der Waals surface area contributed by atoms with Gasteiger partial charge in [-0.25, -0.2) is 0 Å². The van der Waals surface area contributed by atoms with Crippen molar-refractivity contribution in [3.05, 3.63) is 30.3 Å². The third-order valence-corrected chi connectivity index (χ3v) is 3.49. The number of nitrogens with zero attached hydrogens (tertiary/aromatic N) is 3. The molecule has 0 saturated carbocycles. The average molecular weight is 302 g/mol. The third-order valence-electron chi connectivity index (χ3n) is 3.49. The second-order valence-electron chi connectivity index (χ2n) is 5.93. The number of amides is 2. The van der Waals surface area contributed by atoms with E-state index in [0.29, 0.717) is 18.2 Å². The van der Waals surface area contributed by atoms with Gasteiger partial charge in [0.25, 0.3) is 5.91 Å². The number of para-hydroxylation sites is 1. The monoisotopic (exact) mass is 302 g/mol. The van der Waals surface area contributed by atoms with E-state index in [4.69, 9.17) is 5.73 Å². The van der Waals surface area contributed by atoms with Crippen molar-refractivity contribution in [1.29, 1.82) is 0 Å². The maximum absolute atomic E-state index is 12.4. The Balaban J connectivity index is 2.23. The molecule has 1 heterocycles. The number of hydrogen-bond donors (Lipinski definition) is 1. The van der Waals surface area contributed by atoms with Crippen LogP contribution in [0.3, 0.4) is 0 Å². The summed E-state index contributed by atoms with van der Waals surface area (Å²) < 4.78 is 0. The molecule has 2 amide bonds. The van der Waals surface area contributed by atoms with Gasteiger partial charge in [-0.3, -0.25) is 14.6 Å². The van der Waals surface area contributed by atoms with Gasteiger partial charge in [-0.2, -0.15) is 5.10 Å². The van der Waals surface area contributed by atoms with E-state index in [9.17, 15) is 9.59 Å². The molecule has 1 aromatic rings. The summed E-state index contributed by atoms with van der Waals surface area (Å²) in [5.74, 6) is -0.270. The maximum atomic E-state index is 12.4. The molecule has 0 aromatic heterocycles. The van der Waals surface area contributed by atoms with Gasteiger partial charge in [-0.1, -0.05) is 32.0 Å². The van der Waals surface area contributed by atoms with E-state index in [0.717, 1.165) is 5.69 Å². The molecule has 22 heavy (non-hydrogen) atoms. The lowest BCUT2D eigenvalue weighted by molar-refractivity contribution is -0.123. The summed E-state index contributed by atoms with van der Waals surface area (Å²) in [5, 5.41) is 5.89. The fraction of sp³-hybridized carbons (Fsp3) is 0.438. The van der Waals surface area contributed by atoms with Crippen molar-refractivity contribution < 1.29 is 9.59 Å². The van der Waals surface area contributed by atoms with Crippen LogP contribution in [-0.4, -0.2) is 42.1 Å². The van der Waals surface area contributed by atoms with E-state index in [1.165, 1.54) is 0 Å². The summed E-state index contributed by atoms with van der Waals surface area (Å²) in [7, 11) is 1.75. The van der Waals surface area contributed by atoms with Crippen LogP contribution in [-0.2, 0) is 9.59 Å². The minimum atomic E-state index is -0.617. The molecule has 6 heteroatoms. The number of nitrogens with two attached hydrogens (primary N) is 1. The molecular weight excluding hydrogens is 280 g/mol. The van der Waals surface area contributed by atoms with Gasteiger partial charge in [0.05, 0.1) is 5.69 Å². The van der Waals surface area contributed by atoms with Crippen LogP contribution in [0.15, 0.2) is 35.4 Å². The van der Waals surface area contributed by atoms with Crippen LogP contribution < -0.4 is 10.7 Å². The molecular formula is C16H22N4O2. The minimum Gasteiger partial charge on any atom is -0.368 e. The van der Waals surface area contributed by atoms with E-state index in [1.807, 2.05) is 44.2 Å². The number of rotatable bonds is 5. The first-order valence-corrected chi connectivity index (χ1v) is 7.36. The largest absolute Gasteiger partial charge is 0.368 e. The minimum absolute atomic E-state index is 0.154. The summed E-state index contributed by atoms with van der Waals surface area (Å²) in [6, 6.07) is 8.65. The predicted octanol–water partition coefficient (Wildman–Crippen LogP) is 1.22. The van der Waals surface area contributed by atoms with Crippen LogP contribution in [0.1, 0.15) is 20.3 Å². The zero-order valence-corrected chi connectivity index (χ0v) is 13.2. The highest BCUT2D eigenvalue weighted by Gasteiger charge is 2.35. The highest BCUT2D eigenvalue weighted by Crippen LogP contribution is 2.24. The zero-order chi connectivity index (χ0) is 16.3. The van der Waals surface area contributed by atoms with Gasteiger partial charge in [-0.15, -0.1) is 0 Å². The molecule has 0 bridgehead atoms. The van der Waals surface area contributed by atoms with E-state index in [1.54, 1.807) is 17.0 Å². The molecule has 0 aliphatic carbocycles. The number of hydrogen-bond acceptors (Lipinski definition) is 4. The second-order valence-corrected chi connectivity index (χ2v) is 5.93. The van der Waals surface area contributed by atoms with Crippen molar-refractivity contribution in [2.24, 2.45) is 16.8 Å². The van der Waals surface area contributed by atoms with Crippen molar-refractivity contribution in [2.75, 3.05) is 18.6 Å². The zero-order valence-electron chi connectivity index (χ0n) is 13.2. The Morgan fingerprint density at radius 3 is 2.55 bits per heavy atom. The topological polar surface area (TPSA) is 79.0 Å². The summed E-state index contributed by atoms with van der Waals surface area (Å²) in [6.45, 7) is 4.73. The Morgan fingerprint density at radius 2 is 2.00 bits per heavy atom. The van der Waals surface area contributed by atoms with Crippen molar-refractivity contribution in [3.63, 3.8) is 0 Å². The lowest BCUT2D eigenvalue weighted by atomic mass is 10.1. The smallest absolute Gasteiger partial charge is 0.269 e. The first-order valence-electron chi connectivity index (χ1n) is 7.36. The van der Waals surface area contributed by atoms with Gasteiger partial charge in [0.1, 0.15) is 11.8 Å². The van der Waals surface area contributed by atoms with Crippen LogP contribution in [0, 0.1) is 5.92 Å². The standard InChI is InChI=1S/C16H22N4O2/c1-11(2)10-19(3)16(22)13-9-14(15(17)21)20(18-13)12-7-5-4-6-8-12/h4-8,11,14H,9-10H2,1-3H3,(H2,17,21). The summed E-state index contributed by atoms with van der Waals surface area (Å²) in [5.41, 5.74) is 6.59. The van der Waals surface area contributed by atoms with Gasteiger partial charge in [0.2, 0.25) is 5.91 Å². The molecule has 1 atom stereocenters. The molecule has 1 aromatic carbocycles. The maximum Gasteiger partial charge on any atom is 0.269 e. The van der Waals surface area contributed by atoms with Gasteiger partial charge >= 0.3 is 0 Å². The van der Waals surface area contributed by atoms with Crippen LogP contribution in [0.2, 0.25) is 0 Å². The number of hydrazone groups is 1. The Morgan fingerprint density at radius 1 is 1.36 bits per heavy atom. The first kappa shape index (κ1) is 16.0. The van der Waals surface area contributed by atoms with E-state index in [2.05, 4.69) is 5.10 Å². The predicted molar refractivity (Wildman–Crippen MR) is 86.4 cm³/mol. The lowest BCUT2D eigenvalue weighted by Crippen LogP contribution is -2.40. The summed E-state index contributed by atoms with van der Waals surface area (Å²) in [4.78, 5) is 25.8. The molecule has 2 rings (SSSR count). The molecule has 0 fully saturated rings. The molecule has 1 aliphatic rings. The van der Waals surface area contributed by atoms with Gasteiger partial charge < -0.3 is 10.6 Å². The Bertz CT molecular complexity index is 583. The lowest BCUT2D eigenvalue weighted by Gasteiger charge is -2.20. The fourth-order valence-corrected chi connectivity index (χ4v) is 2.53. The molecule has 6 nitrogen and oxygen atoms in total. The average Bonchev–Trinajstić information content (AvgIpc) is 2.92.